The van der Waals surface area contributed by atoms with E-state index >= 15 is 0 Å². The Bertz CT molecular complexity index is 432. The average Bonchev–Trinajstić information content (AvgIpc) is 2.47. The minimum Gasteiger partial charge on any atom is -0.394 e. The predicted molar refractivity (Wildman–Crippen MR) is 69.7 cm³/mol. The van der Waals surface area contributed by atoms with Crippen LogP contribution in [0.1, 0.15) is 22.8 Å². The summed E-state index contributed by atoms with van der Waals surface area (Å²) in [4.78, 5) is 14.1. The summed E-state index contributed by atoms with van der Waals surface area (Å²) in [5.74, 6) is -0.0706. The van der Waals surface area contributed by atoms with Gasteiger partial charge in [0.05, 0.1) is 32.0 Å². The number of benzene rings is 1. The summed E-state index contributed by atoms with van der Waals surface area (Å²) in [5.41, 5.74) is 1.36. The van der Waals surface area contributed by atoms with Crippen molar-refractivity contribution in [3.63, 3.8) is 0 Å². The molecule has 1 aromatic carbocycles. The number of hydrogen-bond donors (Lipinski definition) is 2. The van der Waals surface area contributed by atoms with Crippen LogP contribution in [0.5, 0.6) is 0 Å². The average molecular weight is 265 g/mol. The molecule has 1 heterocycles. The third-order valence-electron chi connectivity index (χ3n) is 3.35. The standard InChI is InChI=1S/C14H19NO4/c1-10-9-19-13(8-17)6-15(10)14(18)12-4-2-11(7-16)3-5-12/h2-5,10,13,16-17H,6-9H2,1H3. The van der Waals surface area contributed by atoms with E-state index in [-0.39, 0.29) is 31.3 Å². The van der Waals surface area contributed by atoms with Gasteiger partial charge in [-0.3, -0.25) is 4.79 Å². The Kier molecular flexibility index (Phi) is 4.52. The van der Waals surface area contributed by atoms with E-state index in [1.165, 1.54) is 0 Å². The van der Waals surface area contributed by atoms with Crippen molar-refractivity contribution in [2.45, 2.75) is 25.7 Å². The molecule has 1 amide bonds. The highest BCUT2D eigenvalue weighted by molar-refractivity contribution is 5.94. The maximum Gasteiger partial charge on any atom is 0.254 e. The zero-order valence-electron chi connectivity index (χ0n) is 11.0. The van der Waals surface area contributed by atoms with Crippen molar-refractivity contribution in [3.8, 4) is 0 Å². The van der Waals surface area contributed by atoms with Gasteiger partial charge in [-0.25, -0.2) is 0 Å². The zero-order valence-corrected chi connectivity index (χ0v) is 11.0. The summed E-state index contributed by atoms with van der Waals surface area (Å²) in [6.45, 7) is 2.65. The number of morpholine rings is 1. The second-order valence-corrected chi connectivity index (χ2v) is 4.80. The molecule has 1 saturated heterocycles. The van der Waals surface area contributed by atoms with Gasteiger partial charge in [0, 0.05) is 12.1 Å². The molecule has 0 aliphatic carbocycles. The van der Waals surface area contributed by atoms with Crippen LogP contribution < -0.4 is 0 Å². The van der Waals surface area contributed by atoms with Crippen molar-refractivity contribution in [1.82, 2.24) is 4.90 Å². The summed E-state index contributed by atoms with van der Waals surface area (Å²) in [7, 11) is 0. The topological polar surface area (TPSA) is 70.0 Å². The van der Waals surface area contributed by atoms with E-state index in [2.05, 4.69) is 0 Å². The number of carbonyl (C=O) groups is 1. The van der Waals surface area contributed by atoms with E-state index in [1.807, 2.05) is 6.92 Å². The van der Waals surface area contributed by atoms with Gasteiger partial charge in [0.2, 0.25) is 0 Å². The maximum atomic E-state index is 12.4. The van der Waals surface area contributed by atoms with Crippen LogP contribution in [-0.2, 0) is 11.3 Å². The van der Waals surface area contributed by atoms with Crippen LogP contribution >= 0.6 is 0 Å². The van der Waals surface area contributed by atoms with Crippen LogP contribution in [0.4, 0.5) is 0 Å². The Labute approximate surface area is 112 Å². The van der Waals surface area contributed by atoms with Crippen LogP contribution in [0, 0.1) is 0 Å². The molecular weight excluding hydrogens is 246 g/mol. The van der Waals surface area contributed by atoms with Gasteiger partial charge >= 0.3 is 0 Å². The second-order valence-electron chi connectivity index (χ2n) is 4.80. The molecule has 2 rings (SSSR count). The molecule has 19 heavy (non-hydrogen) atoms. The van der Waals surface area contributed by atoms with Crippen molar-refractivity contribution in [2.24, 2.45) is 0 Å². The lowest BCUT2D eigenvalue weighted by atomic mass is 10.1. The summed E-state index contributed by atoms with van der Waals surface area (Å²) >= 11 is 0. The molecule has 2 atom stereocenters. The molecule has 2 unspecified atom stereocenters. The van der Waals surface area contributed by atoms with Crippen molar-refractivity contribution in [1.29, 1.82) is 0 Å². The first kappa shape index (κ1) is 14.0. The number of rotatable bonds is 3. The lowest BCUT2D eigenvalue weighted by Gasteiger charge is -2.37. The van der Waals surface area contributed by atoms with Crippen molar-refractivity contribution in [3.05, 3.63) is 35.4 Å². The molecule has 104 valence electrons. The Morgan fingerprint density at radius 3 is 2.63 bits per heavy atom. The minimum atomic E-state index is -0.308. The number of ether oxygens (including phenoxy) is 1. The van der Waals surface area contributed by atoms with Gasteiger partial charge in [-0.2, -0.15) is 0 Å². The molecule has 2 N–H and O–H groups in total. The van der Waals surface area contributed by atoms with E-state index in [1.54, 1.807) is 29.2 Å². The van der Waals surface area contributed by atoms with Gasteiger partial charge in [0.25, 0.3) is 5.91 Å². The number of hydrogen-bond acceptors (Lipinski definition) is 4. The molecule has 5 heteroatoms. The molecule has 0 radical (unpaired) electrons. The zero-order chi connectivity index (χ0) is 13.8. The number of amides is 1. The molecule has 0 bridgehead atoms. The minimum absolute atomic E-state index is 0.00665. The van der Waals surface area contributed by atoms with E-state index in [4.69, 9.17) is 14.9 Å². The van der Waals surface area contributed by atoms with E-state index in [0.717, 1.165) is 5.56 Å². The van der Waals surface area contributed by atoms with Crippen molar-refractivity contribution >= 4 is 5.91 Å². The molecular formula is C14H19NO4. The normalized spacial score (nSPS) is 23.4. The molecule has 1 aliphatic heterocycles. The highest BCUT2D eigenvalue weighted by atomic mass is 16.5. The van der Waals surface area contributed by atoms with E-state index in [9.17, 15) is 4.79 Å². The molecule has 0 spiro atoms. The van der Waals surface area contributed by atoms with Crippen molar-refractivity contribution in [2.75, 3.05) is 19.8 Å². The molecule has 5 nitrogen and oxygen atoms in total. The van der Waals surface area contributed by atoms with E-state index in [0.29, 0.717) is 18.7 Å². The first-order valence-corrected chi connectivity index (χ1v) is 6.39. The fraction of sp³-hybridized carbons (Fsp3) is 0.500. The Morgan fingerprint density at radius 2 is 2.05 bits per heavy atom. The predicted octanol–water partition coefficient (Wildman–Crippen LogP) is 0.401. The molecule has 0 saturated carbocycles. The quantitative estimate of drug-likeness (QED) is 0.830. The van der Waals surface area contributed by atoms with Crippen LogP contribution in [-0.4, -0.2) is 52.9 Å². The number of nitrogens with zero attached hydrogens (tertiary/aromatic N) is 1. The molecule has 1 aliphatic rings. The summed E-state index contributed by atoms with van der Waals surface area (Å²) < 4.78 is 5.42. The monoisotopic (exact) mass is 265 g/mol. The number of aliphatic hydroxyl groups is 2. The number of carbonyl (C=O) groups excluding carboxylic acids is 1. The van der Waals surface area contributed by atoms with Gasteiger partial charge in [-0.05, 0) is 24.6 Å². The van der Waals surface area contributed by atoms with Gasteiger partial charge in [-0.1, -0.05) is 12.1 Å². The van der Waals surface area contributed by atoms with Crippen molar-refractivity contribution < 1.29 is 19.7 Å². The van der Waals surface area contributed by atoms with Crippen LogP contribution in [0.25, 0.3) is 0 Å². The first-order chi connectivity index (χ1) is 9.15. The summed E-state index contributed by atoms with van der Waals surface area (Å²) in [6.07, 6.45) is -0.308. The third-order valence-corrected chi connectivity index (χ3v) is 3.35. The maximum absolute atomic E-state index is 12.4. The largest absolute Gasteiger partial charge is 0.394 e. The lowest BCUT2D eigenvalue weighted by molar-refractivity contribution is -0.0667. The SMILES string of the molecule is CC1COC(CO)CN1C(=O)c1ccc(CO)cc1. The molecule has 0 aromatic heterocycles. The van der Waals surface area contributed by atoms with Crippen LogP contribution in [0.2, 0.25) is 0 Å². The number of aliphatic hydroxyl groups excluding tert-OH is 2. The molecule has 1 aromatic rings. The summed E-state index contributed by atoms with van der Waals surface area (Å²) in [6, 6.07) is 6.89. The molecule has 1 fully saturated rings. The highest BCUT2D eigenvalue weighted by Gasteiger charge is 2.29. The van der Waals surface area contributed by atoms with E-state index < -0.39 is 0 Å². The Morgan fingerprint density at radius 1 is 1.37 bits per heavy atom. The fourth-order valence-corrected chi connectivity index (χ4v) is 2.13. The third kappa shape index (κ3) is 3.12. The smallest absolute Gasteiger partial charge is 0.254 e. The van der Waals surface area contributed by atoms with Crippen LogP contribution in [0.3, 0.4) is 0 Å². The lowest BCUT2D eigenvalue weighted by Crippen LogP contribution is -2.52. The van der Waals surface area contributed by atoms with Gasteiger partial charge in [0.15, 0.2) is 0 Å². The van der Waals surface area contributed by atoms with Gasteiger partial charge < -0.3 is 19.8 Å². The fourth-order valence-electron chi connectivity index (χ4n) is 2.13. The van der Waals surface area contributed by atoms with Gasteiger partial charge in [-0.15, -0.1) is 0 Å². The summed E-state index contributed by atoms with van der Waals surface area (Å²) in [5, 5.41) is 18.1. The Hall–Kier alpha value is -1.43. The Balaban J connectivity index is 2.12. The van der Waals surface area contributed by atoms with Gasteiger partial charge in [0.1, 0.15) is 0 Å². The first-order valence-electron chi connectivity index (χ1n) is 6.39. The highest BCUT2D eigenvalue weighted by Crippen LogP contribution is 2.16. The van der Waals surface area contributed by atoms with Crippen LogP contribution in [0.15, 0.2) is 24.3 Å². The second kappa shape index (κ2) is 6.14.